The lowest BCUT2D eigenvalue weighted by atomic mass is 10.1. The van der Waals surface area contributed by atoms with Gasteiger partial charge in [-0.05, 0) is 79.2 Å². The summed E-state index contributed by atoms with van der Waals surface area (Å²) in [6, 6.07) is 21.7. The molecule has 0 fully saturated rings. The van der Waals surface area contributed by atoms with Crippen LogP contribution in [0, 0.1) is 6.92 Å². The molecule has 0 aromatic heterocycles. The molecule has 0 saturated heterocycles. The molecule has 0 aliphatic carbocycles. The first-order chi connectivity index (χ1) is 15.5. The van der Waals surface area contributed by atoms with Crippen LogP contribution in [0.1, 0.15) is 23.6 Å². The molecule has 2 N–H and O–H groups in total. The molecule has 3 aromatic rings. The Labute approximate surface area is 203 Å². The molecule has 0 atom stereocenters. The number of halogens is 1. The number of nitrogens with one attached hydrogen (secondary N) is 2. The van der Waals surface area contributed by atoms with Crippen molar-refractivity contribution in [3.8, 4) is 11.5 Å². The van der Waals surface area contributed by atoms with Gasteiger partial charge in [-0.25, -0.2) is 0 Å². The number of ether oxygens (including phenoxy) is 2. The Bertz CT molecular complexity index is 1070. The van der Waals surface area contributed by atoms with Gasteiger partial charge in [0, 0.05) is 15.7 Å². The lowest BCUT2D eigenvalue weighted by molar-refractivity contribution is 0.217. The molecule has 0 aliphatic rings. The van der Waals surface area contributed by atoms with Crippen LogP contribution < -0.4 is 20.2 Å². The van der Waals surface area contributed by atoms with Crippen molar-refractivity contribution in [1.82, 2.24) is 5.43 Å². The molecule has 5 nitrogen and oxygen atoms in total. The van der Waals surface area contributed by atoms with Crippen molar-refractivity contribution in [3.05, 3.63) is 87.9 Å². The number of hydrogen-bond donors (Lipinski definition) is 2. The van der Waals surface area contributed by atoms with Crippen molar-refractivity contribution in [1.29, 1.82) is 0 Å². The van der Waals surface area contributed by atoms with Crippen molar-refractivity contribution >= 4 is 45.2 Å². The van der Waals surface area contributed by atoms with Gasteiger partial charge in [0.15, 0.2) is 5.11 Å². The number of aryl methyl sites for hydroxylation is 2. The summed E-state index contributed by atoms with van der Waals surface area (Å²) in [4.78, 5) is 0. The molecule has 32 heavy (non-hydrogen) atoms. The van der Waals surface area contributed by atoms with Crippen molar-refractivity contribution < 1.29 is 9.47 Å². The molecule has 0 spiro atoms. The number of hydrazone groups is 1. The Morgan fingerprint density at radius 2 is 1.81 bits per heavy atom. The second kappa shape index (κ2) is 12.2. The quantitative estimate of drug-likeness (QED) is 0.157. The van der Waals surface area contributed by atoms with Gasteiger partial charge in [-0.15, -0.1) is 0 Å². The fraction of sp³-hybridized carbons (Fsp3) is 0.200. The first-order valence-corrected chi connectivity index (χ1v) is 11.5. The predicted molar refractivity (Wildman–Crippen MR) is 139 cm³/mol. The minimum Gasteiger partial charge on any atom is -0.490 e. The minimum absolute atomic E-state index is 0.405. The van der Waals surface area contributed by atoms with Crippen LogP contribution in [0.5, 0.6) is 11.5 Å². The monoisotopic (exact) mass is 511 g/mol. The van der Waals surface area contributed by atoms with Crippen LogP contribution in [0.25, 0.3) is 0 Å². The highest BCUT2D eigenvalue weighted by molar-refractivity contribution is 9.10. The van der Waals surface area contributed by atoms with Crippen LogP contribution in [0.2, 0.25) is 0 Å². The highest BCUT2D eigenvalue weighted by Gasteiger charge is 2.04. The minimum atomic E-state index is 0.405. The maximum absolute atomic E-state index is 5.94. The Balaban J connectivity index is 1.53. The van der Waals surface area contributed by atoms with Gasteiger partial charge in [-0.3, -0.25) is 5.43 Å². The average molecular weight is 512 g/mol. The van der Waals surface area contributed by atoms with Gasteiger partial charge in [-0.2, -0.15) is 5.10 Å². The van der Waals surface area contributed by atoms with E-state index in [1.807, 2.05) is 54.6 Å². The summed E-state index contributed by atoms with van der Waals surface area (Å²) in [6.45, 7) is 5.07. The Morgan fingerprint density at radius 1 is 1.03 bits per heavy atom. The molecule has 0 aliphatic heterocycles. The zero-order valence-electron chi connectivity index (χ0n) is 18.1. The van der Waals surface area contributed by atoms with E-state index in [4.69, 9.17) is 21.7 Å². The molecule has 3 aromatic carbocycles. The number of benzene rings is 3. The van der Waals surface area contributed by atoms with Crippen molar-refractivity contribution in [3.63, 3.8) is 0 Å². The summed E-state index contributed by atoms with van der Waals surface area (Å²) in [7, 11) is 0. The molecule has 3 rings (SSSR count). The van der Waals surface area contributed by atoms with E-state index < -0.39 is 0 Å². The van der Waals surface area contributed by atoms with Crippen LogP contribution in [0.15, 0.2) is 76.3 Å². The fourth-order valence-electron chi connectivity index (χ4n) is 3.02. The van der Waals surface area contributed by atoms with E-state index in [1.165, 1.54) is 11.1 Å². The van der Waals surface area contributed by atoms with E-state index >= 15 is 0 Å². The molecule has 0 radical (unpaired) electrons. The average Bonchev–Trinajstić information content (AvgIpc) is 2.78. The van der Waals surface area contributed by atoms with E-state index in [0.29, 0.717) is 24.1 Å². The van der Waals surface area contributed by atoms with Crippen molar-refractivity contribution in [2.75, 3.05) is 18.5 Å². The van der Waals surface area contributed by atoms with Gasteiger partial charge < -0.3 is 14.8 Å². The third-order valence-electron chi connectivity index (χ3n) is 4.50. The van der Waals surface area contributed by atoms with Gasteiger partial charge >= 0.3 is 0 Å². The molecular formula is C25H26BrN3O2S. The van der Waals surface area contributed by atoms with Crippen LogP contribution in [0.4, 0.5) is 5.69 Å². The fourth-order valence-corrected chi connectivity index (χ4v) is 3.57. The molecular weight excluding hydrogens is 486 g/mol. The first kappa shape index (κ1) is 23.8. The standard InChI is InChI=1S/C25H26BrN3O2S/c1-3-19-13-18(2)14-23(15-19)30-11-12-31-24-10-9-21(26)16-20(24)17-27-29-25(32)28-22-7-5-4-6-8-22/h4-10,13-17H,3,11-12H2,1-2H3,(H2,28,29,32)/b27-17-. The highest BCUT2D eigenvalue weighted by Crippen LogP contribution is 2.22. The van der Waals surface area contributed by atoms with Gasteiger partial charge in [0.25, 0.3) is 0 Å². The maximum atomic E-state index is 5.94. The topological polar surface area (TPSA) is 54.9 Å². The van der Waals surface area contributed by atoms with Crippen molar-refractivity contribution in [2.45, 2.75) is 20.3 Å². The Morgan fingerprint density at radius 3 is 2.59 bits per heavy atom. The number of hydrogen-bond acceptors (Lipinski definition) is 4. The molecule has 0 amide bonds. The second-order valence-corrected chi connectivity index (χ2v) is 8.40. The predicted octanol–water partition coefficient (Wildman–Crippen LogP) is 6.10. The third-order valence-corrected chi connectivity index (χ3v) is 5.19. The summed E-state index contributed by atoms with van der Waals surface area (Å²) in [5.41, 5.74) is 6.99. The summed E-state index contributed by atoms with van der Waals surface area (Å²) in [5.74, 6) is 1.58. The Hall–Kier alpha value is -2.90. The summed E-state index contributed by atoms with van der Waals surface area (Å²) >= 11 is 8.77. The Kier molecular flexibility index (Phi) is 9.07. The van der Waals surface area contributed by atoms with Crippen LogP contribution in [-0.4, -0.2) is 24.5 Å². The number of nitrogens with zero attached hydrogens (tertiary/aromatic N) is 1. The van der Waals surface area contributed by atoms with Gasteiger partial charge in [-0.1, -0.05) is 47.1 Å². The van der Waals surface area contributed by atoms with Crippen LogP contribution in [0.3, 0.4) is 0 Å². The van der Waals surface area contributed by atoms with Gasteiger partial charge in [0.2, 0.25) is 0 Å². The van der Waals surface area contributed by atoms with Gasteiger partial charge in [0.1, 0.15) is 24.7 Å². The highest BCUT2D eigenvalue weighted by atomic mass is 79.9. The van der Waals surface area contributed by atoms with E-state index in [1.54, 1.807) is 6.21 Å². The van der Waals surface area contributed by atoms with E-state index in [-0.39, 0.29) is 0 Å². The zero-order chi connectivity index (χ0) is 22.8. The largest absolute Gasteiger partial charge is 0.490 e. The summed E-state index contributed by atoms with van der Waals surface area (Å²) < 4.78 is 12.7. The van der Waals surface area contributed by atoms with E-state index in [9.17, 15) is 0 Å². The van der Waals surface area contributed by atoms with E-state index in [2.05, 4.69) is 57.8 Å². The lowest BCUT2D eigenvalue weighted by Crippen LogP contribution is -2.23. The molecule has 7 heteroatoms. The molecule has 0 bridgehead atoms. The SMILES string of the molecule is CCc1cc(C)cc(OCCOc2ccc(Br)cc2/C=N\NC(=S)Nc2ccccc2)c1. The first-order valence-electron chi connectivity index (χ1n) is 10.3. The smallest absolute Gasteiger partial charge is 0.191 e. The number of anilines is 1. The molecule has 0 unspecified atom stereocenters. The lowest BCUT2D eigenvalue weighted by Gasteiger charge is -2.12. The second-order valence-electron chi connectivity index (χ2n) is 7.08. The molecule has 0 saturated carbocycles. The zero-order valence-corrected chi connectivity index (χ0v) is 20.5. The number of para-hydroxylation sites is 1. The van der Waals surface area contributed by atoms with Gasteiger partial charge in [0.05, 0.1) is 6.21 Å². The molecule has 166 valence electrons. The normalized spacial score (nSPS) is 10.7. The third kappa shape index (κ3) is 7.66. The van der Waals surface area contributed by atoms with Crippen LogP contribution >= 0.6 is 28.1 Å². The molecule has 0 heterocycles. The van der Waals surface area contributed by atoms with E-state index in [0.717, 1.165) is 27.9 Å². The number of thiocarbonyl (C=S) groups is 1. The number of rotatable bonds is 9. The van der Waals surface area contributed by atoms with Crippen molar-refractivity contribution in [2.24, 2.45) is 5.10 Å². The van der Waals surface area contributed by atoms with Crippen LogP contribution in [-0.2, 0) is 6.42 Å². The summed E-state index contributed by atoms with van der Waals surface area (Å²) in [5, 5.41) is 7.71. The summed E-state index contributed by atoms with van der Waals surface area (Å²) in [6.07, 6.45) is 2.66. The maximum Gasteiger partial charge on any atom is 0.191 e.